The summed E-state index contributed by atoms with van der Waals surface area (Å²) in [4.78, 5) is 17.2. The maximum absolute atomic E-state index is 12.0. The Morgan fingerprint density at radius 1 is 1.29 bits per heavy atom. The number of halogens is 1. The molecule has 0 saturated carbocycles. The van der Waals surface area contributed by atoms with Crippen LogP contribution in [0.5, 0.6) is 0 Å². The highest BCUT2D eigenvalue weighted by Gasteiger charge is 2.14. The molecule has 3 aromatic heterocycles. The summed E-state index contributed by atoms with van der Waals surface area (Å²) in [6, 6.07) is 11.3. The molecular weight excluding hydrogens is 394 g/mol. The van der Waals surface area contributed by atoms with Crippen LogP contribution >= 0.6 is 22.9 Å². The molecule has 1 amide bonds. The van der Waals surface area contributed by atoms with E-state index in [0.717, 1.165) is 33.8 Å². The van der Waals surface area contributed by atoms with E-state index in [2.05, 4.69) is 22.3 Å². The van der Waals surface area contributed by atoms with Crippen molar-refractivity contribution in [3.05, 3.63) is 76.3 Å². The number of aromatic nitrogens is 3. The van der Waals surface area contributed by atoms with Crippen LogP contribution in [-0.4, -0.2) is 20.7 Å². The van der Waals surface area contributed by atoms with Crippen molar-refractivity contribution in [3.63, 3.8) is 0 Å². The normalized spacial score (nSPS) is 10.8. The molecule has 140 valence electrons. The molecule has 0 spiro atoms. The van der Waals surface area contributed by atoms with E-state index in [1.54, 1.807) is 16.9 Å². The maximum Gasteiger partial charge on any atom is 0.265 e. The molecule has 0 fully saturated rings. The third-order valence-corrected chi connectivity index (χ3v) is 5.41. The Balaban J connectivity index is 1.70. The van der Waals surface area contributed by atoms with Gasteiger partial charge in [0.05, 0.1) is 38.9 Å². The van der Waals surface area contributed by atoms with E-state index < -0.39 is 0 Å². The van der Waals surface area contributed by atoms with E-state index in [1.165, 1.54) is 17.5 Å². The largest absolute Gasteiger partial charge is 0.353 e. The van der Waals surface area contributed by atoms with Gasteiger partial charge in [-0.05, 0) is 37.4 Å². The van der Waals surface area contributed by atoms with E-state index >= 15 is 0 Å². The number of aryl methyl sites for hydroxylation is 1. The number of para-hydroxylation sites is 1. The van der Waals surface area contributed by atoms with Crippen molar-refractivity contribution in [2.45, 2.75) is 6.92 Å². The number of nitrogens with one attached hydrogen (secondary N) is 2. The van der Waals surface area contributed by atoms with E-state index in [1.807, 2.05) is 42.6 Å². The molecule has 0 aliphatic carbocycles. The molecule has 0 radical (unpaired) electrons. The minimum absolute atomic E-state index is 0.196. The van der Waals surface area contributed by atoms with Crippen molar-refractivity contribution in [2.75, 3.05) is 5.32 Å². The van der Waals surface area contributed by atoms with E-state index in [0.29, 0.717) is 9.90 Å². The Hall–Kier alpha value is -3.16. The molecule has 6 nitrogen and oxygen atoms in total. The van der Waals surface area contributed by atoms with E-state index in [4.69, 9.17) is 16.6 Å². The molecule has 0 unspecified atom stereocenters. The molecule has 1 aromatic carbocycles. The zero-order valence-electron chi connectivity index (χ0n) is 14.9. The Bertz CT molecular complexity index is 1200. The Morgan fingerprint density at radius 2 is 2.11 bits per heavy atom. The third kappa shape index (κ3) is 3.37. The number of hydrogen-bond donors (Lipinski definition) is 2. The van der Waals surface area contributed by atoms with Gasteiger partial charge in [0.2, 0.25) is 0 Å². The molecule has 0 saturated heterocycles. The standard InChI is InChI=1S/C20H16ClN5OS/c1-3-22-20(27)18-9-14(11-28-18)26-19-13(10-23-26)8-17(12(2)24-19)25-16-7-5-4-6-15(16)21/h3-11,25H,1H2,2H3,(H,22,27). The van der Waals surface area contributed by atoms with Crippen LogP contribution in [0.4, 0.5) is 11.4 Å². The number of hydrogen-bond acceptors (Lipinski definition) is 5. The first-order valence-corrected chi connectivity index (χ1v) is 9.70. The quantitative estimate of drug-likeness (QED) is 0.483. The van der Waals surface area contributed by atoms with Gasteiger partial charge in [-0.15, -0.1) is 11.3 Å². The van der Waals surface area contributed by atoms with Gasteiger partial charge in [0.25, 0.3) is 5.91 Å². The molecule has 0 atom stereocenters. The number of fused-ring (bicyclic) bond motifs is 1. The predicted octanol–water partition coefficient (Wildman–Crippen LogP) is 5.06. The summed E-state index contributed by atoms with van der Waals surface area (Å²) in [5.74, 6) is -0.196. The maximum atomic E-state index is 12.0. The lowest BCUT2D eigenvalue weighted by molar-refractivity contribution is 0.0974. The predicted molar refractivity (Wildman–Crippen MR) is 114 cm³/mol. The van der Waals surface area contributed by atoms with Crippen molar-refractivity contribution >= 4 is 51.3 Å². The fraction of sp³-hybridized carbons (Fsp3) is 0.0500. The average molecular weight is 410 g/mol. The van der Waals surface area contributed by atoms with Crippen LogP contribution in [-0.2, 0) is 0 Å². The molecule has 4 aromatic rings. The van der Waals surface area contributed by atoms with Gasteiger partial charge in [0, 0.05) is 10.8 Å². The van der Waals surface area contributed by atoms with Crippen LogP contribution < -0.4 is 10.6 Å². The first-order chi connectivity index (χ1) is 13.6. The lowest BCUT2D eigenvalue weighted by atomic mass is 10.2. The van der Waals surface area contributed by atoms with Gasteiger partial charge in [0.15, 0.2) is 5.65 Å². The first-order valence-electron chi connectivity index (χ1n) is 8.44. The van der Waals surface area contributed by atoms with Crippen molar-refractivity contribution in [1.29, 1.82) is 0 Å². The number of thiophene rings is 1. The fourth-order valence-corrected chi connectivity index (χ4v) is 3.74. The summed E-state index contributed by atoms with van der Waals surface area (Å²) >= 11 is 7.58. The Kier molecular flexibility index (Phi) is 4.85. The molecule has 4 rings (SSSR count). The fourth-order valence-electron chi connectivity index (χ4n) is 2.79. The van der Waals surface area contributed by atoms with Crippen LogP contribution in [0.3, 0.4) is 0 Å². The highest BCUT2D eigenvalue weighted by molar-refractivity contribution is 7.12. The molecule has 0 bridgehead atoms. The second-order valence-electron chi connectivity index (χ2n) is 6.04. The van der Waals surface area contributed by atoms with Gasteiger partial charge in [0.1, 0.15) is 0 Å². The number of carbonyl (C=O) groups is 1. The van der Waals surface area contributed by atoms with Gasteiger partial charge < -0.3 is 10.6 Å². The number of carbonyl (C=O) groups excluding carboxylic acids is 1. The molecule has 8 heteroatoms. The van der Waals surface area contributed by atoms with Crippen molar-refractivity contribution in [3.8, 4) is 5.69 Å². The molecule has 0 aliphatic heterocycles. The number of rotatable bonds is 5. The second-order valence-corrected chi connectivity index (χ2v) is 7.36. The lowest BCUT2D eigenvalue weighted by Gasteiger charge is -2.11. The third-order valence-electron chi connectivity index (χ3n) is 4.16. The van der Waals surface area contributed by atoms with Crippen molar-refractivity contribution in [2.24, 2.45) is 0 Å². The van der Waals surface area contributed by atoms with Crippen LogP contribution in [0.15, 0.2) is 60.8 Å². The minimum Gasteiger partial charge on any atom is -0.353 e. The number of pyridine rings is 1. The van der Waals surface area contributed by atoms with Gasteiger partial charge in [-0.25, -0.2) is 9.67 Å². The second kappa shape index (κ2) is 7.46. The molecule has 0 aliphatic rings. The van der Waals surface area contributed by atoms with Gasteiger partial charge in [-0.3, -0.25) is 4.79 Å². The Labute approximate surface area is 170 Å². The number of anilines is 2. The highest BCUT2D eigenvalue weighted by Crippen LogP contribution is 2.29. The lowest BCUT2D eigenvalue weighted by Crippen LogP contribution is -2.14. The van der Waals surface area contributed by atoms with Gasteiger partial charge in [-0.1, -0.05) is 30.3 Å². The monoisotopic (exact) mass is 409 g/mol. The van der Waals surface area contributed by atoms with Crippen molar-refractivity contribution < 1.29 is 4.79 Å². The minimum atomic E-state index is -0.196. The van der Waals surface area contributed by atoms with E-state index in [-0.39, 0.29) is 5.91 Å². The summed E-state index contributed by atoms with van der Waals surface area (Å²) in [6.07, 6.45) is 3.12. The summed E-state index contributed by atoms with van der Waals surface area (Å²) in [6.45, 7) is 5.43. The highest BCUT2D eigenvalue weighted by atomic mass is 35.5. The van der Waals surface area contributed by atoms with Crippen LogP contribution in [0.1, 0.15) is 15.4 Å². The smallest absolute Gasteiger partial charge is 0.265 e. The Morgan fingerprint density at radius 3 is 2.89 bits per heavy atom. The average Bonchev–Trinajstić information content (AvgIpc) is 3.31. The summed E-state index contributed by atoms with van der Waals surface area (Å²) < 4.78 is 1.72. The SMILES string of the molecule is C=CNC(=O)c1cc(-n2ncc3cc(Nc4ccccc4Cl)c(C)nc32)cs1. The number of benzene rings is 1. The van der Waals surface area contributed by atoms with Crippen LogP contribution in [0.25, 0.3) is 16.7 Å². The van der Waals surface area contributed by atoms with Crippen molar-refractivity contribution in [1.82, 2.24) is 20.1 Å². The molecular formula is C20H16ClN5OS. The molecule has 2 N–H and O–H groups in total. The summed E-state index contributed by atoms with van der Waals surface area (Å²) in [7, 11) is 0. The van der Waals surface area contributed by atoms with Gasteiger partial charge >= 0.3 is 0 Å². The number of nitrogens with zero attached hydrogens (tertiary/aromatic N) is 3. The zero-order chi connectivity index (χ0) is 19.7. The van der Waals surface area contributed by atoms with Crippen LogP contribution in [0, 0.1) is 6.92 Å². The van der Waals surface area contributed by atoms with Gasteiger partial charge in [-0.2, -0.15) is 5.10 Å². The first kappa shape index (κ1) is 18.2. The summed E-state index contributed by atoms with van der Waals surface area (Å²) in [5, 5.41) is 13.7. The van der Waals surface area contributed by atoms with E-state index in [9.17, 15) is 4.79 Å². The molecule has 28 heavy (non-hydrogen) atoms. The van der Waals surface area contributed by atoms with Crippen LogP contribution in [0.2, 0.25) is 5.02 Å². The summed E-state index contributed by atoms with van der Waals surface area (Å²) in [5.41, 5.74) is 3.99. The zero-order valence-corrected chi connectivity index (χ0v) is 16.5. The topological polar surface area (TPSA) is 71.8 Å². The molecule has 3 heterocycles. The number of amides is 1.